The second-order valence-corrected chi connectivity index (χ2v) is 7.55. The van der Waals surface area contributed by atoms with Gasteiger partial charge in [0.1, 0.15) is 10.2 Å². The van der Waals surface area contributed by atoms with Gasteiger partial charge in [0.05, 0.1) is 10.4 Å². The molecule has 104 valence electrons. The van der Waals surface area contributed by atoms with Gasteiger partial charge in [-0.3, -0.25) is 0 Å². The van der Waals surface area contributed by atoms with E-state index in [1.54, 1.807) is 11.3 Å². The molecule has 1 fully saturated rings. The molecule has 0 spiro atoms. The lowest BCUT2D eigenvalue weighted by Crippen LogP contribution is -2.36. The van der Waals surface area contributed by atoms with Gasteiger partial charge >= 0.3 is 0 Å². The number of aliphatic hydroxyl groups is 1. The van der Waals surface area contributed by atoms with Crippen molar-refractivity contribution in [3.63, 3.8) is 0 Å². The minimum atomic E-state index is -0.709. The third kappa shape index (κ3) is 1.74. The third-order valence-corrected chi connectivity index (χ3v) is 6.88. The zero-order valence-corrected chi connectivity index (χ0v) is 13.5. The number of rotatable bonds is 1. The van der Waals surface area contributed by atoms with Gasteiger partial charge in [-0.15, -0.1) is 11.3 Å². The molecule has 2 aliphatic rings. The molecule has 0 saturated heterocycles. The maximum atomic E-state index is 11.5. The van der Waals surface area contributed by atoms with Crippen molar-refractivity contribution in [2.75, 3.05) is 0 Å². The SMILES string of the molecule is OC1(c2scnc2Br)C2CCC1Cc1ccccc1C2. The van der Waals surface area contributed by atoms with E-state index in [-0.39, 0.29) is 0 Å². The Kier molecular flexibility index (Phi) is 3.02. The zero-order valence-electron chi connectivity index (χ0n) is 11.1. The Morgan fingerprint density at radius 1 is 1.15 bits per heavy atom. The number of halogens is 1. The third-order valence-electron chi connectivity index (χ3n) is 5.05. The summed E-state index contributed by atoms with van der Waals surface area (Å²) in [5, 5.41) is 11.5. The van der Waals surface area contributed by atoms with E-state index in [4.69, 9.17) is 0 Å². The summed E-state index contributed by atoms with van der Waals surface area (Å²) in [4.78, 5) is 5.31. The summed E-state index contributed by atoms with van der Waals surface area (Å²) >= 11 is 5.10. The lowest BCUT2D eigenvalue weighted by Gasteiger charge is -2.33. The Bertz CT molecular complexity index is 620. The summed E-state index contributed by atoms with van der Waals surface area (Å²) in [5.74, 6) is 0.626. The zero-order chi connectivity index (χ0) is 13.7. The first-order valence-electron chi connectivity index (χ1n) is 7.08. The quantitative estimate of drug-likeness (QED) is 0.846. The molecule has 2 aliphatic carbocycles. The Morgan fingerprint density at radius 2 is 1.75 bits per heavy atom. The van der Waals surface area contributed by atoms with Gasteiger partial charge in [0.15, 0.2) is 0 Å². The van der Waals surface area contributed by atoms with E-state index in [2.05, 4.69) is 45.2 Å². The Morgan fingerprint density at radius 3 is 2.25 bits per heavy atom. The summed E-state index contributed by atoms with van der Waals surface area (Å²) in [5.41, 5.74) is 3.95. The van der Waals surface area contributed by atoms with Crippen molar-refractivity contribution in [3.05, 3.63) is 50.4 Å². The molecular weight excluding hydrogens is 334 g/mol. The highest BCUT2D eigenvalue weighted by molar-refractivity contribution is 9.10. The van der Waals surface area contributed by atoms with E-state index < -0.39 is 5.60 Å². The highest BCUT2D eigenvalue weighted by Gasteiger charge is 2.53. The fraction of sp³-hybridized carbons (Fsp3) is 0.438. The number of nitrogens with zero attached hydrogens (tertiary/aromatic N) is 1. The average Bonchev–Trinajstić information content (AvgIpc) is 2.94. The van der Waals surface area contributed by atoms with Gasteiger partial charge in [0.25, 0.3) is 0 Å². The van der Waals surface area contributed by atoms with Crippen molar-refractivity contribution in [2.24, 2.45) is 11.8 Å². The molecule has 1 aromatic carbocycles. The maximum absolute atomic E-state index is 11.5. The number of benzene rings is 1. The molecule has 0 aliphatic heterocycles. The number of hydrogen-bond donors (Lipinski definition) is 1. The normalized spacial score (nSPS) is 31.9. The van der Waals surface area contributed by atoms with E-state index in [0.717, 1.165) is 35.2 Å². The van der Waals surface area contributed by atoms with E-state index in [1.165, 1.54) is 11.1 Å². The number of hydrogen-bond acceptors (Lipinski definition) is 3. The monoisotopic (exact) mass is 349 g/mol. The smallest absolute Gasteiger partial charge is 0.123 e. The topological polar surface area (TPSA) is 33.1 Å². The van der Waals surface area contributed by atoms with Gasteiger partial charge in [0, 0.05) is 0 Å². The van der Waals surface area contributed by atoms with Gasteiger partial charge < -0.3 is 5.11 Å². The number of fused-ring (bicyclic) bond motifs is 3. The van der Waals surface area contributed by atoms with Crippen LogP contribution in [0.4, 0.5) is 0 Å². The molecule has 4 rings (SSSR count). The van der Waals surface area contributed by atoms with Crippen LogP contribution >= 0.6 is 27.3 Å². The molecule has 1 aromatic heterocycles. The van der Waals surface area contributed by atoms with Crippen LogP contribution in [0.2, 0.25) is 0 Å². The lowest BCUT2D eigenvalue weighted by molar-refractivity contribution is -0.0369. The standard InChI is InChI=1S/C16H16BrNOS/c17-15-14(20-9-18-15)16(19)12-5-6-13(16)8-11-4-2-1-3-10(11)7-12/h1-4,9,12-13,19H,5-8H2. The molecule has 1 saturated carbocycles. The van der Waals surface area contributed by atoms with Crippen LogP contribution in [0.5, 0.6) is 0 Å². The van der Waals surface area contributed by atoms with Gasteiger partial charge in [-0.05, 0) is 64.6 Å². The Balaban J connectivity index is 1.83. The molecule has 1 heterocycles. The van der Waals surface area contributed by atoms with Crippen LogP contribution in [0.3, 0.4) is 0 Å². The van der Waals surface area contributed by atoms with Crippen LogP contribution in [-0.2, 0) is 18.4 Å². The average molecular weight is 350 g/mol. The molecule has 2 bridgehead atoms. The first-order chi connectivity index (χ1) is 9.69. The molecule has 2 nitrogen and oxygen atoms in total. The second kappa shape index (κ2) is 4.65. The van der Waals surface area contributed by atoms with Crippen LogP contribution in [-0.4, -0.2) is 10.1 Å². The van der Waals surface area contributed by atoms with Crippen LogP contribution in [0.25, 0.3) is 0 Å². The van der Waals surface area contributed by atoms with E-state index in [1.807, 2.05) is 5.51 Å². The summed E-state index contributed by atoms with van der Waals surface area (Å²) in [7, 11) is 0. The predicted molar refractivity (Wildman–Crippen MR) is 83.8 cm³/mol. The summed E-state index contributed by atoms with van der Waals surface area (Å²) < 4.78 is 0.827. The molecule has 0 amide bonds. The van der Waals surface area contributed by atoms with E-state index >= 15 is 0 Å². The van der Waals surface area contributed by atoms with Crippen LogP contribution in [0.15, 0.2) is 34.4 Å². The fourth-order valence-electron chi connectivity index (χ4n) is 4.04. The van der Waals surface area contributed by atoms with Crippen molar-refractivity contribution in [2.45, 2.75) is 31.3 Å². The molecule has 1 N–H and O–H groups in total. The molecule has 2 atom stereocenters. The van der Waals surface area contributed by atoms with Crippen molar-refractivity contribution in [1.82, 2.24) is 4.98 Å². The Labute approximate surface area is 131 Å². The molecule has 2 unspecified atom stereocenters. The highest BCUT2D eigenvalue weighted by atomic mass is 79.9. The first-order valence-corrected chi connectivity index (χ1v) is 8.75. The van der Waals surface area contributed by atoms with Crippen molar-refractivity contribution < 1.29 is 5.11 Å². The molecule has 20 heavy (non-hydrogen) atoms. The summed E-state index contributed by atoms with van der Waals surface area (Å²) in [6.45, 7) is 0. The minimum Gasteiger partial charge on any atom is -0.384 e. The van der Waals surface area contributed by atoms with Crippen LogP contribution in [0, 0.1) is 11.8 Å². The second-order valence-electron chi connectivity index (χ2n) is 5.95. The first kappa shape index (κ1) is 13.0. The molecule has 0 radical (unpaired) electrons. The van der Waals surface area contributed by atoms with Crippen LogP contribution in [0.1, 0.15) is 28.8 Å². The molecule has 4 heteroatoms. The van der Waals surface area contributed by atoms with Crippen molar-refractivity contribution in [3.8, 4) is 0 Å². The van der Waals surface area contributed by atoms with Gasteiger partial charge in [0.2, 0.25) is 0 Å². The van der Waals surface area contributed by atoms with Crippen molar-refractivity contribution in [1.29, 1.82) is 0 Å². The minimum absolute atomic E-state index is 0.313. The van der Waals surface area contributed by atoms with Gasteiger partial charge in [-0.2, -0.15) is 0 Å². The molecular formula is C16H16BrNOS. The van der Waals surface area contributed by atoms with Gasteiger partial charge in [-0.1, -0.05) is 24.3 Å². The Hall–Kier alpha value is -0.710. The lowest BCUT2D eigenvalue weighted by atomic mass is 9.81. The number of aromatic nitrogens is 1. The van der Waals surface area contributed by atoms with E-state index in [0.29, 0.717) is 11.8 Å². The summed E-state index contributed by atoms with van der Waals surface area (Å²) in [6.07, 6.45) is 4.18. The van der Waals surface area contributed by atoms with Crippen molar-refractivity contribution >= 4 is 27.3 Å². The van der Waals surface area contributed by atoms with E-state index in [9.17, 15) is 5.11 Å². The van der Waals surface area contributed by atoms with Crippen LogP contribution < -0.4 is 0 Å². The predicted octanol–water partition coefficient (Wildman–Crippen LogP) is 3.92. The maximum Gasteiger partial charge on any atom is 0.123 e. The highest BCUT2D eigenvalue weighted by Crippen LogP contribution is 2.54. The molecule has 2 aromatic rings. The number of thiazole rings is 1. The van der Waals surface area contributed by atoms with Gasteiger partial charge in [-0.25, -0.2) is 4.98 Å². The largest absolute Gasteiger partial charge is 0.384 e. The summed E-state index contributed by atoms with van der Waals surface area (Å²) in [6, 6.07) is 8.66. The fourth-order valence-corrected chi connectivity index (χ4v) is 5.81.